The molecule has 1 fully saturated rings. The second-order valence-corrected chi connectivity index (χ2v) is 4.51. The van der Waals surface area contributed by atoms with Crippen LogP contribution >= 0.6 is 0 Å². The molecule has 0 aliphatic carbocycles. The van der Waals surface area contributed by atoms with Crippen molar-refractivity contribution in [2.45, 2.75) is 25.9 Å². The summed E-state index contributed by atoms with van der Waals surface area (Å²) in [5, 5.41) is 18.2. The Morgan fingerprint density at radius 3 is 3.06 bits per heavy atom. The van der Waals surface area contributed by atoms with Crippen LogP contribution in [0.3, 0.4) is 0 Å². The van der Waals surface area contributed by atoms with E-state index in [1.165, 1.54) is 4.90 Å². The minimum Gasteiger partial charge on any atom is -0.480 e. The lowest BCUT2D eigenvalue weighted by atomic mass is 10.0. The van der Waals surface area contributed by atoms with Crippen LogP contribution in [0.15, 0.2) is 12.4 Å². The topological polar surface area (TPSA) is 98.3 Å². The zero-order valence-corrected chi connectivity index (χ0v) is 10.1. The van der Waals surface area contributed by atoms with E-state index in [-0.39, 0.29) is 11.9 Å². The van der Waals surface area contributed by atoms with Crippen molar-refractivity contribution in [3.8, 4) is 0 Å². The average molecular weight is 252 g/mol. The van der Waals surface area contributed by atoms with Crippen molar-refractivity contribution in [1.82, 2.24) is 20.4 Å². The molecule has 1 aromatic rings. The second-order valence-electron chi connectivity index (χ2n) is 4.51. The van der Waals surface area contributed by atoms with Gasteiger partial charge in [0.15, 0.2) is 0 Å². The molecule has 2 unspecified atom stereocenters. The molecule has 3 N–H and O–H groups in total. The SMILES string of the molecule is CC1CCN(C(=O)NCc2cn[nH]c2)C1C(=O)O. The smallest absolute Gasteiger partial charge is 0.326 e. The molecule has 2 rings (SSSR count). The van der Waals surface area contributed by atoms with E-state index in [2.05, 4.69) is 15.5 Å². The number of amides is 2. The Morgan fingerprint density at radius 2 is 2.44 bits per heavy atom. The van der Waals surface area contributed by atoms with Gasteiger partial charge in [-0.1, -0.05) is 6.92 Å². The number of aromatic amines is 1. The maximum Gasteiger partial charge on any atom is 0.326 e. The summed E-state index contributed by atoms with van der Waals surface area (Å²) in [5.41, 5.74) is 0.850. The molecule has 18 heavy (non-hydrogen) atoms. The highest BCUT2D eigenvalue weighted by Gasteiger charge is 2.39. The monoisotopic (exact) mass is 252 g/mol. The van der Waals surface area contributed by atoms with Crippen LogP contribution in [0.2, 0.25) is 0 Å². The first-order valence-electron chi connectivity index (χ1n) is 5.84. The summed E-state index contributed by atoms with van der Waals surface area (Å²) in [5.74, 6) is -0.958. The van der Waals surface area contributed by atoms with Gasteiger partial charge >= 0.3 is 12.0 Å². The number of likely N-dealkylation sites (tertiary alicyclic amines) is 1. The Balaban J connectivity index is 1.94. The molecule has 7 nitrogen and oxygen atoms in total. The van der Waals surface area contributed by atoms with Crippen LogP contribution in [0, 0.1) is 5.92 Å². The van der Waals surface area contributed by atoms with E-state index in [0.29, 0.717) is 13.1 Å². The molecular weight excluding hydrogens is 236 g/mol. The van der Waals surface area contributed by atoms with Crippen LogP contribution in [0.1, 0.15) is 18.9 Å². The minimum atomic E-state index is -0.946. The first-order chi connectivity index (χ1) is 8.59. The van der Waals surface area contributed by atoms with Gasteiger partial charge in [-0.3, -0.25) is 5.10 Å². The van der Waals surface area contributed by atoms with E-state index in [1.54, 1.807) is 12.4 Å². The molecule has 1 aromatic heterocycles. The highest BCUT2D eigenvalue weighted by atomic mass is 16.4. The summed E-state index contributed by atoms with van der Waals surface area (Å²) in [4.78, 5) is 24.4. The van der Waals surface area contributed by atoms with Crippen LogP contribution < -0.4 is 5.32 Å². The summed E-state index contributed by atoms with van der Waals surface area (Å²) in [6.07, 6.45) is 4.01. The number of aliphatic carboxylic acids is 1. The fourth-order valence-corrected chi connectivity index (χ4v) is 2.20. The molecule has 1 aliphatic heterocycles. The number of aromatic nitrogens is 2. The molecule has 0 bridgehead atoms. The van der Waals surface area contributed by atoms with Crippen LogP contribution in [-0.2, 0) is 11.3 Å². The number of urea groups is 1. The highest BCUT2D eigenvalue weighted by molar-refractivity contribution is 5.83. The first kappa shape index (κ1) is 12.4. The van der Waals surface area contributed by atoms with Crippen LogP contribution in [-0.4, -0.2) is 44.8 Å². The summed E-state index contributed by atoms with van der Waals surface area (Å²) < 4.78 is 0. The average Bonchev–Trinajstić information content (AvgIpc) is 2.94. The third kappa shape index (κ3) is 2.44. The van der Waals surface area contributed by atoms with Crippen molar-refractivity contribution >= 4 is 12.0 Å². The Labute approximate surface area is 104 Å². The lowest BCUT2D eigenvalue weighted by molar-refractivity contribution is -0.142. The van der Waals surface area contributed by atoms with Gasteiger partial charge in [0.1, 0.15) is 6.04 Å². The van der Waals surface area contributed by atoms with E-state index in [1.807, 2.05) is 6.92 Å². The molecule has 1 saturated heterocycles. The van der Waals surface area contributed by atoms with Gasteiger partial charge in [0.2, 0.25) is 0 Å². The molecule has 0 spiro atoms. The van der Waals surface area contributed by atoms with Gasteiger partial charge in [-0.05, 0) is 12.3 Å². The van der Waals surface area contributed by atoms with E-state index in [0.717, 1.165) is 12.0 Å². The number of carbonyl (C=O) groups excluding carboxylic acids is 1. The molecule has 2 amide bonds. The van der Waals surface area contributed by atoms with Gasteiger partial charge in [-0.15, -0.1) is 0 Å². The Kier molecular flexibility index (Phi) is 3.50. The number of hydrogen-bond donors (Lipinski definition) is 3. The van der Waals surface area contributed by atoms with E-state index in [4.69, 9.17) is 5.11 Å². The number of carboxylic acid groups (broad SMARTS) is 1. The van der Waals surface area contributed by atoms with Crippen molar-refractivity contribution in [3.05, 3.63) is 18.0 Å². The minimum absolute atomic E-state index is 0.0119. The van der Waals surface area contributed by atoms with Crippen molar-refractivity contribution in [2.24, 2.45) is 5.92 Å². The fourth-order valence-electron chi connectivity index (χ4n) is 2.20. The van der Waals surface area contributed by atoms with Gasteiger partial charge in [-0.2, -0.15) is 5.10 Å². The summed E-state index contributed by atoms with van der Waals surface area (Å²) in [6.45, 7) is 2.67. The largest absolute Gasteiger partial charge is 0.480 e. The quantitative estimate of drug-likeness (QED) is 0.725. The number of nitrogens with one attached hydrogen (secondary N) is 2. The van der Waals surface area contributed by atoms with Crippen molar-refractivity contribution in [3.63, 3.8) is 0 Å². The van der Waals surface area contributed by atoms with Crippen molar-refractivity contribution < 1.29 is 14.7 Å². The fraction of sp³-hybridized carbons (Fsp3) is 0.545. The van der Waals surface area contributed by atoms with E-state index < -0.39 is 12.0 Å². The van der Waals surface area contributed by atoms with Crippen LogP contribution in [0.25, 0.3) is 0 Å². The Hall–Kier alpha value is -2.05. The summed E-state index contributed by atoms with van der Waals surface area (Å²) in [6, 6.07) is -1.07. The number of H-pyrrole nitrogens is 1. The Bertz CT molecular complexity index is 432. The van der Waals surface area contributed by atoms with Crippen LogP contribution in [0.4, 0.5) is 4.79 Å². The zero-order valence-electron chi connectivity index (χ0n) is 10.1. The highest BCUT2D eigenvalue weighted by Crippen LogP contribution is 2.24. The van der Waals surface area contributed by atoms with E-state index in [9.17, 15) is 9.59 Å². The molecule has 0 aromatic carbocycles. The number of carbonyl (C=O) groups is 2. The number of carboxylic acids is 1. The summed E-state index contributed by atoms with van der Waals surface area (Å²) >= 11 is 0. The van der Waals surface area contributed by atoms with Gasteiger partial charge < -0.3 is 15.3 Å². The Morgan fingerprint density at radius 1 is 1.67 bits per heavy atom. The lowest BCUT2D eigenvalue weighted by Gasteiger charge is -2.23. The third-order valence-corrected chi connectivity index (χ3v) is 3.21. The van der Waals surface area contributed by atoms with E-state index >= 15 is 0 Å². The molecular formula is C11H16N4O3. The maximum absolute atomic E-state index is 11.9. The second kappa shape index (κ2) is 5.07. The predicted molar refractivity (Wildman–Crippen MR) is 62.7 cm³/mol. The lowest BCUT2D eigenvalue weighted by Crippen LogP contribution is -2.47. The summed E-state index contributed by atoms with van der Waals surface area (Å²) in [7, 11) is 0. The van der Waals surface area contributed by atoms with Gasteiger partial charge in [0, 0.05) is 24.8 Å². The number of nitrogens with zero attached hydrogens (tertiary/aromatic N) is 2. The standard InChI is InChI=1S/C11H16N4O3/c1-7-2-3-15(9(7)10(16)17)11(18)12-4-8-5-13-14-6-8/h5-7,9H,2-4H2,1H3,(H,12,18)(H,13,14)(H,16,17). The molecule has 2 atom stereocenters. The zero-order chi connectivity index (χ0) is 13.1. The molecule has 1 aliphatic rings. The van der Waals surface area contributed by atoms with Gasteiger partial charge in [0.05, 0.1) is 6.20 Å². The molecule has 0 saturated carbocycles. The number of hydrogen-bond acceptors (Lipinski definition) is 3. The normalized spacial score (nSPS) is 23.1. The molecule has 7 heteroatoms. The predicted octanol–water partition coefficient (Wildman–Crippen LogP) is 0.414. The van der Waals surface area contributed by atoms with Gasteiger partial charge in [0.25, 0.3) is 0 Å². The van der Waals surface area contributed by atoms with Gasteiger partial charge in [-0.25, -0.2) is 9.59 Å². The molecule has 2 heterocycles. The number of rotatable bonds is 3. The molecule has 98 valence electrons. The third-order valence-electron chi connectivity index (χ3n) is 3.21. The van der Waals surface area contributed by atoms with Crippen molar-refractivity contribution in [1.29, 1.82) is 0 Å². The maximum atomic E-state index is 11.9. The van der Waals surface area contributed by atoms with Crippen molar-refractivity contribution in [2.75, 3.05) is 6.54 Å². The van der Waals surface area contributed by atoms with Crippen LogP contribution in [0.5, 0.6) is 0 Å². The molecule has 0 radical (unpaired) electrons. The first-order valence-corrected chi connectivity index (χ1v) is 5.84.